The molecule has 1 aliphatic heterocycles. The summed E-state index contributed by atoms with van der Waals surface area (Å²) in [5.74, 6) is -0.0530. The SMILES string of the molecule is O=C(c1cc2c(nc3sccn32)s1)N1CCN(S(=O)(=O)c2ccc3c(c2)CCCC3)CC1. The topological polar surface area (TPSA) is 75.0 Å². The molecular formula is C22H22N4O3S3. The maximum Gasteiger partial charge on any atom is 0.264 e. The smallest absolute Gasteiger partial charge is 0.264 e. The summed E-state index contributed by atoms with van der Waals surface area (Å²) in [5, 5.41) is 1.98. The lowest BCUT2D eigenvalue weighted by Gasteiger charge is -2.34. The summed E-state index contributed by atoms with van der Waals surface area (Å²) in [4.78, 5) is 22.2. The van der Waals surface area contributed by atoms with Crippen molar-refractivity contribution in [2.75, 3.05) is 26.2 Å². The zero-order chi connectivity index (χ0) is 21.9. The summed E-state index contributed by atoms with van der Waals surface area (Å²) in [6, 6.07) is 7.46. The standard InChI is InChI=1S/C22H22N4O3S3/c27-21(19-14-18-20(31-19)23-22-26(18)11-12-30-22)24-7-9-25(10-8-24)32(28,29)17-6-5-15-3-1-2-4-16(15)13-17/h5-6,11-14H,1-4,7-10H2. The maximum atomic E-state index is 13.2. The number of thiophene rings is 1. The fourth-order valence-corrected chi connectivity index (χ4v) is 7.90. The van der Waals surface area contributed by atoms with Crippen molar-refractivity contribution in [2.45, 2.75) is 30.6 Å². The van der Waals surface area contributed by atoms with Crippen molar-refractivity contribution in [3.8, 4) is 0 Å². The van der Waals surface area contributed by atoms with Crippen LogP contribution in [0.1, 0.15) is 33.6 Å². The zero-order valence-corrected chi connectivity index (χ0v) is 19.8. The molecule has 0 atom stereocenters. The van der Waals surface area contributed by atoms with Gasteiger partial charge in [0.15, 0.2) is 4.96 Å². The first-order chi connectivity index (χ1) is 15.5. The van der Waals surface area contributed by atoms with Gasteiger partial charge in [0.1, 0.15) is 4.83 Å². The number of benzene rings is 1. The second kappa shape index (κ2) is 7.65. The van der Waals surface area contributed by atoms with E-state index >= 15 is 0 Å². The van der Waals surface area contributed by atoms with Crippen molar-refractivity contribution in [1.29, 1.82) is 0 Å². The van der Waals surface area contributed by atoms with Gasteiger partial charge in [0, 0.05) is 37.8 Å². The maximum absolute atomic E-state index is 13.2. The summed E-state index contributed by atoms with van der Waals surface area (Å²) in [6.07, 6.45) is 6.22. The molecule has 1 amide bonds. The van der Waals surface area contributed by atoms with E-state index in [1.165, 1.54) is 27.6 Å². The quantitative estimate of drug-likeness (QED) is 0.443. The average molecular weight is 487 g/mol. The molecule has 4 aromatic rings. The van der Waals surface area contributed by atoms with E-state index in [4.69, 9.17) is 0 Å². The van der Waals surface area contributed by atoms with Gasteiger partial charge in [-0.05, 0) is 55.0 Å². The number of hydrogen-bond donors (Lipinski definition) is 0. The van der Waals surface area contributed by atoms with Crippen LogP contribution >= 0.6 is 22.7 Å². The Bertz CT molecular complexity index is 1440. The van der Waals surface area contributed by atoms with Gasteiger partial charge in [0.05, 0.1) is 15.3 Å². The average Bonchev–Trinajstić information content (AvgIpc) is 3.51. The molecule has 1 fully saturated rings. The number of aromatic nitrogens is 2. The Hall–Kier alpha value is -2.27. The molecule has 1 aromatic carbocycles. The van der Waals surface area contributed by atoms with E-state index < -0.39 is 10.0 Å². The molecule has 1 saturated heterocycles. The summed E-state index contributed by atoms with van der Waals surface area (Å²) in [7, 11) is -3.55. The van der Waals surface area contributed by atoms with Crippen molar-refractivity contribution in [3.05, 3.63) is 51.8 Å². The Balaban J connectivity index is 1.17. The number of amides is 1. The number of carbonyl (C=O) groups is 1. The lowest BCUT2D eigenvalue weighted by molar-refractivity contribution is 0.0703. The minimum atomic E-state index is -3.55. The lowest BCUT2D eigenvalue weighted by Crippen LogP contribution is -2.50. The van der Waals surface area contributed by atoms with Crippen LogP contribution in [-0.4, -0.2) is 59.1 Å². The monoisotopic (exact) mass is 486 g/mol. The van der Waals surface area contributed by atoms with Crippen LogP contribution in [0.3, 0.4) is 0 Å². The van der Waals surface area contributed by atoms with Crippen LogP contribution < -0.4 is 0 Å². The van der Waals surface area contributed by atoms with Crippen LogP contribution in [0.5, 0.6) is 0 Å². The summed E-state index contributed by atoms with van der Waals surface area (Å²) in [5.41, 5.74) is 3.38. The number of imidazole rings is 1. The second-order valence-electron chi connectivity index (χ2n) is 8.30. The molecule has 166 valence electrons. The number of fused-ring (bicyclic) bond motifs is 4. The van der Waals surface area contributed by atoms with Crippen LogP contribution in [0.4, 0.5) is 0 Å². The van der Waals surface area contributed by atoms with Gasteiger partial charge >= 0.3 is 0 Å². The fraction of sp³-hybridized carbons (Fsp3) is 0.364. The van der Waals surface area contributed by atoms with E-state index in [2.05, 4.69) is 4.98 Å². The van der Waals surface area contributed by atoms with E-state index in [1.807, 2.05) is 34.2 Å². The van der Waals surface area contributed by atoms with Crippen LogP contribution in [0.15, 0.2) is 40.7 Å². The van der Waals surface area contributed by atoms with Crippen LogP contribution in [0.2, 0.25) is 0 Å². The fourth-order valence-electron chi connectivity index (χ4n) is 4.66. The van der Waals surface area contributed by atoms with E-state index in [9.17, 15) is 13.2 Å². The normalized spacial score (nSPS) is 17.8. The van der Waals surface area contributed by atoms with E-state index in [0.29, 0.717) is 36.0 Å². The van der Waals surface area contributed by atoms with Crippen molar-refractivity contribution in [3.63, 3.8) is 0 Å². The van der Waals surface area contributed by atoms with Crippen LogP contribution in [-0.2, 0) is 22.9 Å². The molecule has 10 heteroatoms. The minimum Gasteiger partial charge on any atom is -0.335 e. The molecular weight excluding hydrogens is 464 g/mol. The van der Waals surface area contributed by atoms with Crippen molar-refractivity contribution >= 4 is 53.9 Å². The zero-order valence-electron chi connectivity index (χ0n) is 17.4. The van der Waals surface area contributed by atoms with Gasteiger partial charge in [-0.15, -0.1) is 22.7 Å². The number of sulfonamides is 1. The molecule has 0 radical (unpaired) electrons. The molecule has 0 unspecified atom stereocenters. The highest BCUT2D eigenvalue weighted by Gasteiger charge is 2.31. The van der Waals surface area contributed by atoms with Gasteiger partial charge < -0.3 is 4.90 Å². The molecule has 32 heavy (non-hydrogen) atoms. The highest BCUT2D eigenvalue weighted by atomic mass is 32.2. The lowest BCUT2D eigenvalue weighted by atomic mass is 9.92. The van der Waals surface area contributed by atoms with Gasteiger partial charge in [-0.2, -0.15) is 4.31 Å². The van der Waals surface area contributed by atoms with Crippen molar-refractivity contribution < 1.29 is 13.2 Å². The Morgan fingerprint density at radius 3 is 2.59 bits per heavy atom. The minimum absolute atomic E-state index is 0.0530. The second-order valence-corrected chi connectivity index (χ2v) is 12.1. The van der Waals surface area contributed by atoms with Gasteiger partial charge in [0.2, 0.25) is 10.0 Å². The third-order valence-electron chi connectivity index (χ3n) is 6.43. The largest absolute Gasteiger partial charge is 0.335 e. The van der Waals surface area contributed by atoms with Crippen LogP contribution in [0, 0.1) is 0 Å². The van der Waals surface area contributed by atoms with Crippen LogP contribution in [0.25, 0.3) is 15.3 Å². The Morgan fingerprint density at radius 2 is 1.78 bits per heavy atom. The molecule has 3 aromatic heterocycles. The molecule has 6 rings (SSSR count). The first kappa shape index (κ1) is 20.3. The van der Waals surface area contributed by atoms with Gasteiger partial charge in [-0.3, -0.25) is 9.20 Å². The number of rotatable bonds is 3. The molecule has 0 bridgehead atoms. The number of thiazole rings is 1. The highest BCUT2D eigenvalue weighted by molar-refractivity contribution is 7.89. The number of carbonyl (C=O) groups excluding carboxylic acids is 1. The Kier molecular flexibility index (Phi) is 4.87. The summed E-state index contributed by atoms with van der Waals surface area (Å²) in [6.45, 7) is 1.40. The number of nitrogens with zero attached hydrogens (tertiary/aromatic N) is 4. The van der Waals surface area contributed by atoms with Gasteiger partial charge in [-0.1, -0.05) is 6.07 Å². The third-order valence-corrected chi connectivity index (χ3v) is 10.1. The van der Waals surface area contributed by atoms with E-state index in [1.54, 1.807) is 22.3 Å². The molecule has 0 saturated carbocycles. The molecule has 4 heterocycles. The van der Waals surface area contributed by atoms with Crippen molar-refractivity contribution in [1.82, 2.24) is 18.6 Å². The predicted octanol–water partition coefficient (Wildman–Crippen LogP) is 3.64. The third kappa shape index (κ3) is 3.28. The first-order valence-electron chi connectivity index (χ1n) is 10.8. The molecule has 0 spiro atoms. The first-order valence-corrected chi connectivity index (χ1v) is 13.9. The predicted molar refractivity (Wildman–Crippen MR) is 126 cm³/mol. The highest BCUT2D eigenvalue weighted by Crippen LogP contribution is 2.30. The van der Waals surface area contributed by atoms with Gasteiger partial charge in [0.25, 0.3) is 5.91 Å². The molecule has 2 aliphatic rings. The Morgan fingerprint density at radius 1 is 1.00 bits per heavy atom. The summed E-state index contributed by atoms with van der Waals surface area (Å²) >= 11 is 2.97. The summed E-state index contributed by atoms with van der Waals surface area (Å²) < 4.78 is 29.9. The van der Waals surface area contributed by atoms with E-state index in [0.717, 1.165) is 40.1 Å². The molecule has 0 N–H and O–H groups in total. The number of piperazine rings is 1. The van der Waals surface area contributed by atoms with Gasteiger partial charge in [-0.25, -0.2) is 13.4 Å². The van der Waals surface area contributed by atoms with Crippen molar-refractivity contribution in [2.24, 2.45) is 0 Å². The number of aryl methyl sites for hydroxylation is 2. The number of hydrogen-bond acceptors (Lipinski definition) is 6. The Labute approximate surface area is 194 Å². The van der Waals surface area contributed by atoms with E-state index in [-0.39, 0.29) is 5.91 Å². The molecule has 7 nitrogen and oxygen atoms in total. The molecule has 1 aliphatic carbocycles.